The van der Waals surface area contributed by atoms with E-state index in [4.69, 9.17) is 0 Å². The fourth-order valence-electron chi connectivity index (χ4n) is 6.92. The largest absolute Gasteiger partial charge is 0.325 e. The van der Waals surface area contributed by atoms with Crippen molar-refractivity contribution in [2.75, 3.05) is 0 Å². The molecular formula is C24H32F8. The molecule has 0 amide bonds. The van der Waals surface area contributed by atoms with Gasteiger partial charge in [-0.2, -0.15) is 8.78 Å². The Bertz CT molecular complexity index is 872. The van der Waals surface area contributed by atoms with E-state index in [0.717, 1.165) is 31.9 Å². The molecule has 8 heteroatoms. The molecule has 3 saturated carbocycles. The summed E-state index contributed by atoms with van der Waals surface area (Å²) in [7, 11) is 0. The van der Waals surface area contributed by atoms with Gasteiger partial charge in [-0.15, -0.1) is 0 Å². The zero-order chi connectivity index (χ0) is 25.3. The Morgan fingerprint density at radius 2 is 1.41 bits per heavy atom. The molecule has 0 aromatic heterocycles. The van der Waals surface area contributed by atoms with Crippen LogP contribution in [0, 0.1) is 28.6 Å². The van der Waals surface area contributed by atoms with Gasteiger partial charge >= 0.3 is 5.92 Å². The lowest BCUT2D eigenvalue weighted by Gasteiger charge is -2.46. The van der Waals surface area contributed by atoms with E-state index < -0.39 is 57.2 Å². The van der Waals surface area contributed by atoms with Crippen molar-refractivity contribution in [1.82, 2.24) is 0 Å². The molecule has 3 fully saturated rings. The van der Waals surface area contributed by atoms with Crippen molar-refractivity contribution in [3.63, 3.8) is 0 Å². The van der Waals surface area contributed by atoms with Crippen LogP contribution in [0.2, 0.25) is 0 Å². The smallest absolute Gasteiger partial charge is 0.236 e. The molecule has 0 saturated heterocycles. The van der Waals surface area contributed by atoms with Crippen LogP contribution < -0.4 is 0 Å². The summed E-state index contributed by atoms with van der Waals surface area (Å²) in [5.74, 6) is -12.4. The molecule has 0 N–H and O–H groups in total. The summed E-state index contributed by atoms with van der Waals surface area (Å²) in [5.41, 5.74) is -19.3. The van der Waals surface area contributed by atoms with Crippen molar-refractivity contribution in [2.45, 2.75) is 95.8 Å². The number of hydrogen-bond acceptors (Lipinski definition) is 0. The Hall–Kier alpha value is -1.08. The molecule has 0 heterocycles. The van der Waals surface area contributed by atoms with E-state index in [1.807, 2.05) is 0 Å². The average molecular weight is 473 g/mol. The van der Waals surface area contributed by atoms with Crippen LogP contribution in [0.5, 0.6) is 0 Å². The van der Waals surface area contributed by atoms with Crippen LogP contribution in [0.4, 0.5) is 35.1 Å². The maximum atomic E-state index is 16.1. The second kappa shape index (κ2) is 6.12. The van der Waals surface area contributed by atoms with Gasteiger partial charge in [0.15, 0.2) is 5.67 Å². The normalized spacial score (nSPS) is 45.5. The maximum Gasteiger partial charge on any atom is 0.325 e. The van der Waals surface area contributed by atoms with Crippen molar-refractivity contribution < 1.29 is 35.1 Å². The van der Waals surface area contributed by atoms with Crippen LogP contribution >= 0.6 is 0 Å². The number of alkyl halides is 8. The second-order valence-electron chi connectivity index (χ2n) is 11.1. The molecular weight excluding hydrogens is 440 g/mol. The molecule has 184 valence electrons. The molecule has 0 aromatic carbocycles. The summed E-state index contributed by atoms with van der Waals surface area (Å²) >= 11 is 0. The Morgan fingerprint density at radius 1 is 0.969 bits per heavy atom. The maximum absolute atomic E-state index is 16.1. The van der Waals surface area contributed by atoms with E-state index in [1.165, 1.54) is 6.92 Å². The van der Waals surface area contributed by atoms with Crippen LogP contribution in [0.1, 0.15) is 61.3 Å². The quantitative estimate of drug-likeness (QED) is 0.236. The number of hydrogen-bond donors (Lipinski definition) is 0. The first-order chi connectivity index (χ1) is 14.0. The molecule has 0 aliphatic heterocycles. The lowest BCUT2D eigenvalue weighted by Crippen LogP contribution is -2.67. The summed E-state index contributed by atoms with van der Waals surface area (Å²) < 4.78 is 121. The van der Waals surface area contributed by atoms with Gasteiger partial charge in [0.2, 0.25) is 11.3 Å². The van der Waals surface area contributed by atoms with E-state index in [-0.39, 0.29) is 19.8 Å². The lowest BCUT2D eigenvalue weighted by atomic mass is 9.67. The third kappa shape index (κ3) is 2.17. The molecule has 3 aliphatic carbocycles. The zero-order valence-electron chi connectivity index (χ0n) is 19.6. The average Bonchev–Trinajstić information content (AvgIpc) is 3.50. The minimum atomic E-state index is -4.96. The van der Waals surface area contributed by atoms with E-state index in [2.05, 4.69) is 13.2 Å². The first-order valence-corrected chi connectivity index (χ1v) is 10.9. The van der Waals surface area contributed by atoms with Crippen LogP contribution in [-0.4, -0.2) is 34.5 Å². The van der Waals surface area contributed by atoms with Crippen molar-refractivity contribution in [3.05, 3.63) is 24.3 Å². The van der Waals surface area contributed by atoms with E-state index >= 15 is 26.3 Å². The van der Waals surface area contributed by atoms with Gasteiger partial charge in [-0.25, -0.2) is 26.3 Å². The number of halogens is 8. The Balaban J connectivity index is 1.98. The van der Waals surface area contributed by atoms with Crippen LogP contribution in [-0.2, 0) is 0 Å². The monoisotopic (exact) mass is 472 g/mol. The molecule has 3 rings (SSSR count). The van der Waals surface area contributed by atoms with E-state index in [0.29, 0.717) is 12.8 Å². The summed E-state index contributed by atoms with van der Waals surface area (Å²) in [6, 6.07) is 0. The summed E-state index contributed by atoms with van der Waals surface area (Å²) in [4.78, 5) is 0. The van der Waals surface area contributed by atoms with Crippen LogP contribution in [0.25, 0.3) is 0 Å². The van der Waals surface area contributed by atoms with Crippen molar-refractivity contribution in [2.24, 2.45) is 28.6 Å². The van der Waals surface area contributed by atoms with Crippen LogP contribution in [0.15, 0.2) is 24.3 Å². The Labute approximate surface area is 184 Å². The molecule has 0 aromatic rings. The second-order valence-corrected chi connectivity index (χ2v) is 11.1. The summed E-state index contributed by atoms with van der Waals surface area (Å²) in [6.45, 7) is 13.6. The van der Waals surface area contributed by atoms with Gasteiger partial charge in [0.05, 0.1) is 0 Å². The standard InChI is InChI=1S/C24H32F8/c1-12(2)14(5)10-11-15-16-17(15,6)18(16,7)22(29)23(30,24(22,31)32)21(28,13(3)4)19(8,25)20(9,26)27/h13,15-16H,1,5,10-11H2,2-4,6-9H3. The predicted octanol–water partition coefficient (Wildman–Crippen LogP) is 7.98. The van der Waals surface area contributed by atoms with E-state index in [1.54, 1.807) is 6.92 Å². The summed E-state index contributed by atoms with van der Waals surface area (Å²) in [5, 5.41) is 0. The fraction of sp³-hybridized carbons (Fsp3) is 0.833. The number of fused-ring (bicyclic) bond motifs is 1. The van der Waals surface area contributed by atoms with Crippen molar-refractivity contribution in [3.8, 4) is 0 Å². The fourth-order valence-corrected chi connectivity index (χ4v) is 6.92. The zero-order valence-corrected chi connectivity index (χ0v) is 19.6. The minimum Gasteiger partial charge on any atom is -0.236 e. The SMILES string of the molecule is C=C(C)C(=C)CCC1C2C1(C)C2(C)C1(F)C(F)(F)C1(F)C(F)(C(C)C)C(C)(F)C(C)(F)F. The molecule has 8 unspecified atom stereocenters. The first-order valence-electron chi connectivity index (χ1n) is 10.9. The summed E-state index contributed by atoms with van der Waals surface area (Å²) in [6.07, 6.45) is 0.963. The van der Waals surface area contributed by atoms with Crippen molar-refractivity contribution >= 4 is 0 Å². The third-order valence-corrected chi connectivity index (χ3v) is 9.53. The highest BCUT2D eigenvalue weighted by Gasteiger charge is 3.15. The highest BCUT2D eigenvalue weighted by Crippen LogP contribution is 3.01. The molecule has 0 bridgehead atoms. The van der Waals surface area contributed by atoms with Gasteiger partial charge in [0, 0.05) is 12.3 Å². The highest BCUT2D eigenvalue weighted by molar-refractivity contribution is 5.56. The molecule has 32 heavy (non-hydrogen) atoms. The third-order valence-electron chi connectivity index (χ3n) is 9.53. The van der Waals surface area contributed by atoms with Gasteiger partial charge in [-0.05, 0) is 49.9 Å². The first kappa shape index (κ1) is 25.5. The van der Waals surface area contributed by atoms with Gasteiger partial charge < -0.3 is 0 Å². The predicted molar refractivity (Wildman–Crippen MR) is 108 cm³/mol. The highest BCUT2D eigenvalue weighted by atomic mass is 19.3. The minimum absolute atomic E-state index is 0.0182. The number of allylic oxidation sites excluding steroid dienone is 2. The molecule has 0 nitrogen and oxygen atoms in total. The molecule has 8 atom stereocenters. The molecule has 3 aliphatic rings. The molecule has 0 radical (unpaired) electrons. The van der Waals surface area contributed by atoms with Crippen LogP contribution in [0.3, 0.4) is 0 Å². The molecule has 0 spiro atoms. The Kier molecular flexibility index (Phi) is 4.89. The van der Waals surface area contributed by atoms with Gasteiger partial charge in [-0.1, -0.05) is 52.0 Å². The lowest BCUT2D eigenvalue weighted by molar-refractivity contribution is -0.240. The topological polar surface area (TPSA) is 0 Å². The van der Waals surface area contributed by atoms with Gasteiger partial charge in [0.1, 0.15) is 0 Å². The number of rotatable bonds is 9. The van der Waals surface area contributed by atoms with Gasteiger partial charge in [-0.3, -0.25) is 0 Å². The van der Waals surface area contributed by atoms with Gasteiger partial charge in [0.25, 0.3) is 11.6 Å². The van der Waals surface area contributed by atoms with E-state index in [9.17, 15) is 8.78 Å². The van der Waals surface area contributed by atoms with Crippen molar-refractivity contribution in [1.29, 1.82) is 0 Å². The Morgan fingerprint density at radius 3 is 1.75 bits per heavy atom.